The largest absolute Gasteiger partial charge is 0.353 e. The first kappa shape index (κ1) is 17.9. The highest BCUT2D eigenvalue weighted by atomic mass is 16.2. The number of carbonyl (C=O) groups is 3. The predicted octanol–water partition coefficient (Wildman–Crippen LogP) is 1.06. The van der Waals surface area contributed by atoms with Crippen LogP contribution in [0.1, 0.15) is 42.5 Å². The third-order valence-electron chi connectivity index (χ3n) is 5.82. The van der Waals surface area contributed by atoms with E-state index in [1.54, 1.807) is 24.5 Å². The van der Waals surface area contributed by atoms with Crippen LogP contribution in [-0.2, 0) is 9.59 Å². The number of nitrogens with zero attached hydrogens (tertiary/aromatic N) is 3. The van der Waals surface area contributed by atoms with Gasteiger partial charge in [-0.1, -0.05) is 0 Å². The average Bonchev–Trinajstić information content (AvgIpc) is 3.44. The van der Waals surface area contributed by atoms with Crippen molar-refractivity contribution < 1.29 is 14.4 Å². The number of piperidine rings is 1. The van der Waals surface area contributed by atoms with E-state index < -0.39 is 0 Å². The van der Waals surface area contributed by atoms with Crippen molar-refractivity contribution >= 4 is 17.7 Å². The zero-order valence-electron chi connectivity index (χ0n) is 15.5. The zero-order chi connectivity index (χ0) is 18.8. The van der Waals surface area contributed by atoms with Gasteiger partial charge >= 0.3 is 0 Å². The molecule has 7 heteroatoms. The summed E-state index contributed by atoms with van der Waals surface area (Å²) in [5.41, 5.74) is 0.669. The number of pyridine rings is 1. The lowest BCUT2D eigenvalue weighted by Gasteiger charge is -2.34. The molecule has 2 aliphatic heterocycles. The standard InChI is InChI=1S/C20H26N4O3/c25-18-11-16(19(26)22-17-1-2-17)13-24(18)12-14-5-9-23(10-6-14)20(27)15-3-7-21-8-4-15/h3-4,7-8,14,16-17H,1-2,5-6,9-13H2,(H,22,26). The first-order valence-corrected chi connectivity index (χ1v) is 9.87. The highest BCUT2D eigenvalue weighted by Gasteiger charge is 2.37. The molecule has 1 aromatic heterocycles. The van der Waals surface area contributed by atoms with E-state index in [9.17, 15) is 14.4 Å². The van der Waals surface area contributed by atoms with Crippen molar-refractivity contribution in [1.82, 2.24) is 20.1 Å². The molecule has 1 aliphatic carbocycles. The minimum Gasteiger partial charge on any atom is -0.353 e. The fraction of sp³-hybridized carbons (Fsp3) is 0.600. The van der Waals surface area contributed by atoms with E-state index in [1.807, 2.05) is 9.80 Å². The summed E-state index contributed by atoms with van der Waals surface area (Å²) in [6.07, 6.45) is 7.50. The van der Waals surface area contributed by atoms with Gasteiger partial charge < -0.3 is 15.1 Å². The summed E-state index contributed by atoms with van der Waals surface area (Å²) in [6, 6.07) is 3.82. The number of likely N-dealkylation sites (tertiary alicyclic amines) is 2. The van der Waals surface area contributed by atoms with Gasteiger partial charge in [-0.3, -0.25) is 19.4 Å². The van der Waals surface area contributed by atoms with Gasteiger partial charge in [0.2, 0.25) is 11.8 Å². The molecule has 0 bridgehead atoms. The van der Waals surface area contributed by atoms with Gasteiger partial charge in [-0.25, -0.2) is 0 Å². The second-order valence-electron chi connectivity index (χ2n) is 7.95. The Morgan fingerprint density at radius 1 is 1.11 bits per heavy atom. The maximum absolute atomic E-state index is 12.5. The molecule has 1 N–H and O–H groups in total. The van der Waals surface area contributed by atoms with Crippen LogP contribution < -0.4 is 5.32 Å². The minimum atomic E-state index is -0.202. The minimum absolute atomic E-state index is 0.0334. The summed E-state index contributed by atoms with van der Waals surface area (Å²) in [7, 11) is 0. The maximum Gasteiger partial charge on any atom is 0.253 e. The molecule has 3 fully saturated rings. The van der Waals surface area contributed by atoms with Gasteiger partial charge in [0.05, 0.1) is 5.92 Å². The fourth-order valence-corrected chi connectivity index (χ4v) is 3.98. The van der Waals surface area contributed by atoms with Crippen molar-refractivity contribution in [2.24, 2.45) is 11.8 Å². The molecular formula is C20H26N4O3. The van der Waals surface area contributed by atoms with Gasteiger partial charge in [0.25, 0.3) is 5.91 Å². The first-order chi connectivity index (χ1) is 13.1. The number of hydrogen-bond donors (Lipinski definition) is 1. The second kappa shape index (κ2) is 7.66. The van der Waals surface area contributed by atoms with Crippen LogP contribution in [0.5, 0.6) is 0 Å². The third kappa shape index (κ3) is 4.28. The second-order valence-corrected chi connectivity index (χ2v) is 7.95. The molecule has 2 saturated heterocycles. The van der Waals surface area contributed by atoms with Crippen LogP contribution in [0.3, 0.4) is 0 Å². The lowest BCUT2D eigenvalue weighted by molar-refractivity contribution is -0.129. The van der Waals surface area contributed by atoms with Gasteiger partial charge in [0.15, 0.2) is 0 Å². The van der Waals surface area contributed by atoms with Gasteiger partial charge in [-0.05, 0) is 43.7 Å². The lowest BCUT2D eigenvalue weighted by Crippen LogP contribution is -2.42. The van der Waals surface area contributed by atoms with Crippen LogP contribution in [0.15, 0.2) is 24.5 Å². The van der Waals surface area contributed by atoms with Crippen LogP contribution in [0.4, 0.5) is 0 Å². The van der Waals surface area contributed by atoms with Crippen LogP contribution in [0, 0.1) is 11.8 Å². The van der Waals surface area contributed by atoms with Crippen LogP contribution in [-0.4, -0.2) is 64.7 Å². The normalized spacial score (nSPS) is 23.6. The highest BCUT2D eigenvalue weighted by Crippen LogP contribution is 2.26. The van der Waals surface area contributed by atoms with Crippen LogP contribution in [0.2, 0.25) is 0 Å². The molecule has 1 unspecified atom stereocenters. The van der Waals surface area contributed by atoms with Crippen molar-refractivity contribution in [3.8, 4) is 0 Å². The van der Waals surface area contributed by atoms with Gasteiger partial charge in [-0.2, -0.15) is 0 Å². The number of hydrogen-bond acceptors (Lipinski definition) is 4. The Hall–Kier alpha value is -2.44. The van der Waals surface area contributed by atoms with Crippen LogP contribution in [0.25, 0.3) is 0 Å². The molecule has 7 nitrogen and oxygen atoms in total. The van der Waals surface area contributed by atoms with E-state index in [0.29, 0.717) is 50.1 Å². The Balaban J connectivity index is 1.25. The maximum atomic E-state index is 12.5. The molecule has 3 heterocycles. The van der Waals surface area contributed by atoms with Crippen molar-refractivity contribution in [1.29, 1.82) is 0 Å². The van der Waals surface area contributed by atoms with Gasteiger partial charge in [0, 0.05) is 56.6 Å². The molecule has 3 aliphatic rings. The Kier molecular flexibility index (Phi) is 5.09. The average molecular weight is 370 g/mol. The van der Waals surface area contributed by atoms with E-state index in [4.69, 9.17) is 0 Å². The third-order valence-corrected chi connectivity index (χ3v) is 5.82. The fourth-order valence-electron chi connectivity index (χ4n) is 3.98. The molecule has 4 rings (SSSR count). The van der Waals surface area contributed by atoms with Crippen molar-refractivity contribution in [2.75, 3.05) is 26.2 Å². The molecule has 0 spiro atoms. The van der Waals surface area contributed by atoms with E-state index in [1.165, 1.54) is 0 Å². The highest BCUT2D eigenvalue weighted by molar-refractivity contribution is 5.94. The Morgan fingerprint density at radius 2 is 1.81 bits per heavy atom. The number of amides is 3. The molecular weight excluding hydrogens is 344 g/mol. The summed E-state index contributed by atoms with van der Waals surface area (Å²) < 4.78 is 0. The molecule has 144 valence electrons. The first-order valence-electron chi connectivity index (χ1n) is 9.87. The molecule has 1 aromatic rings. The summed E-state index contributed by atoms with van der Waals surface area (Å²) in [5.74, 6) is 0.351. The summed E-state index contributed by atoms with van der Waals surface area (Å²) in [5, 5.41) is 3.01. The molecule has 27 heavy (non-hydrogen) atoms. The molecule has 0 radical (unpaired) electrons. The topological polar surface area (TPSA) is 82.6 Å². The van der Waals surface area contributed by atoms with E-state index in [0.717, 1.165) is 25.7 Å². The number of nitrogens with one attached hydrogen (secondary N) is 1. The number of carbonyl (C=O) groups excluding carboxylic acids is 3. The van der Waals surface area contributed by atoms with E-state index in [-0.39, 0.29) is 23.6 Å². The number of rotatable bonds is 5. The van der Waals surface area contributed by atoms with E-state index >= 15 is 0 Å². The Bertz CT molecular complexity index is 711. The molecule has 3 amide bonds. The van der Waals surface area contributed by atoms with Gasteiger partial charge in [0.1, 0.15) is 0 Å². The molecule has 1 atom stereocenters. The van der Waals surface area contributed by atoms with Gasteiger partial charge in [-0.15, -0.1) is 0 Å². The SMILES string of the molecule is O=C(NC1CC1)C1CC(=O)N(CC2CCN(C(=O)c3ccncc3)CC2)C1. The lowest BCUT2D eigenvalue weighted by atomic mass is 9.95. The van der Waals surface area contributed by atoms with Crippen LogP contribution >= 0.6 is 0 Å². The zero-order valence-corrected chi connectivity index (χ0v) is 15.5. The predicted molar refractivity (Wildman–Crippen MR) is 98.7 cm³/mol. The van der Waals surface area contributed by atoms with Crippen molar-refractivity contribution in [3.63, 3.8) is 0 Å². The Labute approximate surface area is 159 Å². The van der Waals surface area contributed by atoms with Crippen molar-refractivity contribution in [3.05, 3.63) is 30.1 Å². The van der Waals surface area contributed by atoms with Crippen molar-refractivity contribution in [2.45, 2.75) is 38.1 Å². The molecule has 0 aromatic carbocycles. The quantitative estimate of drug-likeness (QED) is 0.840. The summed E-state index contributed by atoms with van der Waals surface area (Å²) in [4.78, 5) is 44.7. The summed E-state index contributed by atoms with van der Waals surface area (Å²) >= 11 is 0. The monoisotopic (exact) mass is 370 g/mol. The number of aromatic nitrogens is 1. The summed E-state index contributed by atoms with van der Waals surface area (Å²) in [6.45, 7) is 2.65. The molecule has 1 saturated carbocycles. The van der Waals surface area contributed by atoms with E-state index in [2.05, 4.69) is 10.3 Å². The smallest absolute Gasteiger partial charge is 0.253 e. The Morgan fingerprint density at radius 3 is 2.48 bits per heavy atom.